The van der Waals surface area contributed by atoms with Gasteiger partial charge in [0.2, 0.25) is 0 Å². The molecular weight excluding hydrogens is 166 g/mol. The first-order valence-corrected chi connectivity index (χ1v) is 4.77. The molecule has 3 heteroatoms. The van der Waals surface area contributed by atoms with Crippen LogP contribution in [0.5, 0.6) is 0 Å². The summed E-state index contributed by atoms with van der Waals surface area (Å²) in [5.74, 6) is -0.246. The zero-order valence-corrected chi connectivity index (χ0v) is 8.63. The van der Waals surface area contributed by atoms with Gasteiger partial charge in [0, 0.05) is 5.54 Å². The molecule has 0 amide bonds. The van der Waals surface area contributed by atoms with Crippen molar-refractivity contribution in [3.05, 3.63) is 0 Å². The molecule has 3 nitrogen and oxygen atoms in total. The summed E-state index contributed by atoms with van der Waals surface area (Å²) in [5.41, 5.74) is 5.58. The normalized spacial score (nSPS) is 37.7. The molecule has 0 spiro atoms. The van der Waals surface area contributed by atoms with Crippen molar-refractivity contribution in [3.63, 3.8) is 0 Å². The quantitative estimate of drug-likeness (QED) is 0.687. The molecule has 0 aromatic heterocycles. The molecule has 1 aliphatic carbocycles. The Hall–Kier alpha value is -0.570. The van der Waals surface area contributed by atoms with E-state index < -0.39 is 11.5 Å². The zero-order chi connectivity index (χ0) is 10.3. The third-order valence-electron chi connectivity index (χ3n) is 3.39. The van der Waals surface area contributed by atoms with Crippen LogP contribution in [0.1, 0.15) is 40.0 Å². The molecule has 0 bridgehead atoms. The van der Waals surface area contributed by atoms with E-state index in [0.29, 0.717) is 5.92 Å². The summed E-state index contributed by atoms with van der Waals surface area (Å²) in [6.07, 6.45) is 1.94. The predicted molar refractivity (Wildman–Crippen MR) is 51.4 cm³/mol. The first kappa shape index (κ1) is 10.5. The van der Waals surface area contributed by atoms with Crippen LogP contribution in [0.25, 0.3) is 0 Å². The van der Waals surface area contributed by atoms with Crippen molar-refractivity contribution in [2.45, 2.75) is 45.6 Å². The van der Waals surface area contributed by atoms with E-state index in [4.69, 9.17) is 10.8 Å². The third kappa shape index (κ3) is 1.85. The van der Waals surface area contributed by atoms with E-state index in [1.807, 2.05) is 0 Å². The number of carboxylic acids is 1. The lowest BCUT2D eigenvalue weighted by Gasteiger charge is -2.36. The lowest BCUT2D eigenvalue weighted by molar-refractivity contribution is -0.139. The first-order valence-electron chi connectivity index (χ1n) is 4.77. The van der Waals surface area contributed by atoms with Gasteiger partial charge in [0.05, 0.1) is 6.42 Å². The molecule has 0 radical (unpaired) electrons. The summed E-state index contributed by atoms with van der Waals surface area (Å²) >= 11 is 0. The maximum Gasteiger partial charge on any atom is 0.305 e. The Labute approximate surface area is 79.3 Å². The van der Waals surface area contributed by atoms with Gasteiger partial charge in [-0.2, -0.15) is 0 Å². The van der Waals surface area contributed by atoms with Gasteiger partial charge in [0.1, 0.15) is 0 Å². The summed E-state index contributed by atoms with van der Waals surface area (Å²) in [6, 6.07) is 0. The van der Waals surface area contributed by atoms with Gasteiger partial charge in [-0.05, 0) is 24.2 Å². The fraction of sp³-hybridized carbons (Fsp3) is 0.900. The van der Waals surface area contributed by atoms with E-state index >= 15 is 0 Å². The summed E-state index contributed by atoms with van der Waals surface area (Å²) in [5, 5.41) is 8.78. The van der Waals surface area contributed by atoms with Crippen LogP contribution in [-0.2, 0) is 4.79 Å². The predicted octanol–water partition coefficient (Wildman–Crippen LogP) is 1.61. The van der Waals surface area contributed by atoms with Crippen molar-refractivity contribution in [2.75, 3.05) is 0 Å². The second-order valence-corrected chi connectivity index (χ2v) is 5.12. The molecule has 76 valence electrons. The highest BCUT2D eigenvalue weighted by atomic mass is 16.4. The molecule has 0 aromatic rings. The number of carboxylic acid groups (broad SMARTS) is 1. The summed E-state index contributed by atoms with van der Waals surface area (Å²) in [4.78, 5) is 10.7. The largest absolute Gasteiger partial charge is 0.481 e. The van der Waals surface area contributed by atoms with Crippen LogP contribution < -0.4 is 5.73 Å². The monoisotopic (exact) mass is 185 g/mol. The minimum Gasteiger partial charge on any atom is -0.481 e. The van der Waals surface area contributed by atoms with Gasteiger partial charge in [-0.15, -0.1) is 0 Å². The SMILES string of the molecule is CC1CC(C)(C)C(N)(CC(=O)O)C1. The molecule has 13 heavy (non-hydrogen) atoms. The van der Waals surface area contributed by atoms with Crippen LogP contribution in [-0.4, -0.2) is 16.6 Å². The van der Waals surface area contributed by atoms with Gasteiger partial charge >= 0.3 is 5.97 Å². The van der Waals surface area contributed by atoms with Crippen LogP contribution >= 0.6 is 0 Å². The minimum atomic E-state index is -0.787. The van der Waals surface area contributed by atoms with Gasteiger partial charge in [-0.25, -0.2) is 0 Å². The molecule has 0 aromatic carbocycles. The average molecular weight is 185 g/mol. The Morgan fingerprint density at radius 3 is 2.38 bits per heavy atom. The lowest BCUT2D eigenvalue weighted by Crippen LogP contribution is -2.50. The number of hydrogen-bond acceptors (Lipinski definition) is 2. The fourth-order valence-electron chi connectivity index (χ4n) is 2.63. The van der Waals surface area contributed by atoms with E-state index in [1.165, 1.54) is 0 Å². The topological polar surface area (TPSA) is 63.3 Å². The molecule has 1 fully saturated rings. The average Bonchev–Trinajstić information content (AvgIpc) is 1.97. The maximum absolute atomic E-state index is 10.7. The molecule has 1 rings (SSSR count). The van der Waals surface area contributed by atoms with Gasteiger partial charge in [0.25, 0.3) is 0 Å². The Bertz CT molecular complexity index is 225. The second kappa shape index (κ2) is 2.98. The van der Waals surface area contributed by atoms with Crippen molar-refractivity contribution >= 4 is 5.97 Å². The molecule has 2 unspecified atom stereocenters. The number of carbonyl (C=O) groups is 1. The first-order chi connectivity index (χ1) is 5.77. The lowest BCUT2D eigenvalue weighted by atomic mass is 9.74. The standard InChI is InChI=1S/C10H19NO2/c1-7-4-9(2,3)10(11,5-7)6-8(12)13/h7H,4-6,11H2,1-3H3,(H,12,13). The highest BCUT2D eigenvalue weighted by Gasteiger charge is 2.49. The molecular formula is C10H19NO2. The molecule has 0 saturated heterocycles. The number of nitrogens with two attached hydrogens (primary N) is 1. The Morgan fingerprint density at radius 1 is 1.54 bits per heavy atom. The Kier molecular flexibility index (Phi) is 2.41. The molecule has 0 heterocycles. The van der Waals surface area contributed by atoms with Gasteiger partial charge in [-0.3, -0.25) is 4.79 Å². The van der Waals surface area contributed by atoms with E-state index in [0.717, 1.165) is 12.8 Å². The van der Waals surface area contributed by atoms with E-state index in [2.05, 4.69) is 20.8 Å². The number of hydrogen-bond donors (Lipinski definition) is 2. The number of aliphatic carboxylic acids is 1. The zero-order valence-electron chi connectivity index (χ0n) is 8.63. The molecule has 2 atom stereocenters. The smallest absolute Gasteiger partial charge is 0.305 e. The van der Waals surface area contributed by atoms with Crippen LogP contribution in [0.2, 0.25) is 0 Å². The summed E-state index contributed by atoms with van der Waals surface area (Å²) in [6.45, 7) is 6.27. The highest BCUT2D eigenvalue weighted by molar-refractivity contribution is 5.68. The van der Waals surface area contributed by atoms with E-state index in [1.54, 1.807) is 0 Å². The fourth-order valence-corrected chi connectivity index (χ4v) is 2.63. The van der Waals surface area contributed by atoms with Crippen molar-refractivity contribution in [2.24, 2.45) is 17.1 Å². The van der Waals surface area contributed by atoms with Crippen LogP contribution in [0, 0.1) is 11.3 Å². The van der Waals surface area contributed by atoms with E-state index in [-0.39, 0.29) is 11.8 Å². The summed E-state index contributed by atoms with van der Waals surface area (Å²) < 4.78 is 0. The van der Waals surface area contributed by atoms with Crippen molar-refractivity contribution in [3.8, 4) is 0 Å². The van der Waals surface area contributed by atoms with Crippen LogP contribution in [0.4, 0.5) is 0 Å². The van der Waals surface area contributed by atoms with Crippen LogP contribution in [0.15, 0.2) is 0 Å². The van der Waals surface area contributed by atoms with Crippen molar-refractivity contribution in [1.29, 1.82) is 0 Å². The van der Waals surface area contributed by atoms with Gasteiger partial charge < -0.3 is 10.8 Å². The van der Waals surface area contributed by atoms with Crippen molar-refractivity contribution in [1.82, 2.24) is 0 Å². The summed E-state index contributed by atoms with van der Waals surface area (Å²) in [7, 11) is 0. The van der Waals surface area contributed by atoms with E-state index in [9.17, 15) is 4.79 Å². The number of rotatable bonds is 2. The molecule has 0 aliphatic heterocycles. The molecule has 1 saturated carbocycles. The third-order valence-corrected chi connectivity index (χ3v) is 3.39. The molecule has 1 aliphatic rings. The Balaban J connectivity index is 2.82. The maximum atomic E-state index is 10.7. The van der Waals surface area contributed by atoms with Crippen molar-refractivity contribution < 1.29 is 9.90 Å². The molecule has 3 N–H and O–H groups in total. The van der Waals surface area contributed by atoms with Gasteiger partial charge in [0.15, 0.2) is 0 Å². The second-order valence-electron chi connectivity index (χ2n) is 5.12. The van der Waals surface area contributed by atoms with Crippen LogP contribution in [0.3, 0.4) is 0 Å². The Morgan fingerprint density at radius 2 is 2.08 bits per heavy atom. The highest BCUT2D eigenvalue weighted by Crippen LogP contribution is 2.48. The minimum absolute atomic E-state index is 0.0508. The van der Waals surface area contributed by atoms with Gasteiger partial charge in [-0.1, -0.05) is 20.8 Å².